The number of nitrogens with zero attached hydrogens (tertiary/aromatic N) is 2. The number of hydrogen-bond acceptors (Lipinski definition) is 4. The van der Waals surface area contributed by atoms with Gasteiger partial charge in [0.2, 0.25) is 0 Å². The zero-order chi connectivity index (χ0) is 16.4. The number of fused-ring (bicyclic) bond motifs is 1. The molecule has 2 aromatic carbocycles. The summed E-state index contributed by atoms with van der Waals surface area (Å²) in [4.78, 5) is 8.16. The molecule has 0 fully saturated rings. The molecule has 3 rings (SSSR count). The van der Waals surface area contributed by atoms with Crippen LogP contribution in [0.25, 0.3) is 11.0 Å². The van der Waals surface area contributed by atoms with Crippen molar-refractivity contribution >= 4 is 23.6 Å². The van der Waals surface area contributed by atoms with E-state index in [4.69, 9.17) is 10.0 Å². The number of hydrogen-bond donors (Lipinski definition) is 2. The maximum atomic E-state index is 8.58. The minimum atomic E-state index is -1.34. The van der Waals surface area contributed by atoms with Crippen LogP contribution in [0.4, 0.5) is 0 Å². The van der Waals surface area contributed by atoms with Crippen LogP contribution in [0.5, 0.6) is 0 Å². The summed E-state index contributed by atoms with van der Waals surface area (Å²) in [5, 5.41) is 17.2. The Balaban J connectivity index is 0. The molecule has 1 heterocycles. The first kappa shape index (κ1) is 25.1. The largest absolute Gasteiger partial charge is 0.488 e. The van der Waals surface area contributed by atoms with Gasteiger partial charge in [0.15, 0.2) is 0 Å². The van der Waals surface area contributed by atoms with Crippen molar-refractivity contribution in [1.82, 2.24) is 9.97 Å². The van der Waals surface area contributed by atoms with Gasteiger partial charge in [-0.3, -0.25) is 4.98 Å². The number of rotatable bonds is 1. The van der Waals surface area contributed by atoms with Crippen LogP contribution < -0.4 is 5.46 Å². The topological polar surface area (TPSA) is 66.2 Å². The van der Waals surface area contributed by atoms with Crippen molar-refractivity contribution < 1.29 is 42.8 Å². The van der Waals surface area contributed by atoms with Gasteiger partial charge in [-0.2, -0.15) is 0 Å². The van der Waals surface area contributed by atoms with Crippen LogP contribution in [-0.4, -0.2) is 27.1 Å². The molecule has 0 saturated carbocycles. The van der Waals surface area contributed by atoms with Gasteiger partial charge in [0.1, 0.15) is 0 Å². The molecular weight excluding hydrogens is 376 g/mol. The Morgan fingerprint density at radius 1 is 0.958 bits per heavy atom. The van der Waals surface area contributed by atoms with Gasteiger partial charge in [0.25, 0.3) is 0 Å². The quantitative estimate of drug-likeness (QED) is 0.487. The third-order valence-corrected chi connectivity index (χ3v) is 2.68. The van der Waals surface area contributed by atoms with Crippen molar-refractivity contribution in [2.24, 2.45) is 0 Å². The molecule has 0 spiro atoms. The molecule has 1 radical (unpaired) electrons. The predicted octanol–water partition coefficient (Wildman–Crippen LogP) is 2.76. The maximum absolute atomic E-state index is 8.58. The Kier molecular flexibility index (Phi) is 14.9. The number of benzene rings is 2. The molecule has 6 heteroatoms. The normalized spacial score (nSPS) is 8.38. The van der Waals surface area contributed by atoms with Crippen LogP contribution in [0.3, 0.4) is 0 Å². The second-order valence-electron chi connectivity index (χ2n) is 4.28. The number of aryl methyl sites for hydroxylation is 1. The van der Waals surface area contributed by atoms with Gasteiger partial charge >= 0.3 is 7.12 Å². The first-order valence-electron chi connectivity index (χ1n) is 7.17. The minimum absolute atomic E-state index is 0. The average molecular weight is 400 g/mol. The van der Waals surface area contributed by atoms with E-state index in [0.29, 0.717) is 5.46 Å². The maximum Gasteiger partial charge on any atom is 0.488 e. The molecule has 3 aromatic rings. The van der Waals surface area contributed by atoms with Crippen molar-refractivity contribution in [3.8, 4) is 0 Å². The second kappa shape index (κ2) is 14.2. The second-order valence-corrected chi connectivity index (χ2v) is 4.28. The fraction of sp³-hybridized carbons (Fsp3) is 0.222. The van der Waals surface area contributed by atoms with Gasteiger partial charge < -0.3 is 15.0 Å². The Hall–Kier alpha value is -1.13. The monoisotopic (exact) mass is 400 g/mol. The minimum Gasteiger partial charge on any atom is -0.448 e. The Labute approximate surface area is 170 Å². The standard InChI is InChI=1S/C9H7N2.C6H7BO2.C2H6.CH4.Y/c1-7-2-3-8-9(6-7)11-5-4-10-8;8-7(9)6-4-2-1-3-5-6;1-2;;/h2-4,6H,1H3;1-5,8-9H;1-2H3;1H4;/q-1;;;;. The van der Waals surface area contributed by atoms with E-state index in [0.717, 1.165) is 11.0 Å². The van der Waals surface area contributed by atoms with Gasteiger partial charge in [-0.05, 0) is 18.6 Å². The van der Waals surface area contributed by atoms with Crippen LogP contribution >= 0.6 is 0 Å². The van der Waals surface area contributed by atoms with Gasteiger partial charge in [-0.1, -0.05) is 74.8 Å². The molecule has 0 aliphatic carbocycles. The Morgan fingerprint density at radius 2 is 1.58 bits per heavy atom. The first-order valence-corrected chi connectivity index (χ1v) is 7.17. The predicted molar refractivity (Wildman–Crippen MR) is 97.5 cm³/mol. The summed E-state index contributed by atoms with van der Waals surface area (Å²) < 4.78 is 0. The molecule has 0 bridgehead atoms. The summed E-state index contributed by atoms with van der Waals surface area (Å²) in [6, 6.07) is 14.6. The summed E-state index contributed by atoms with van der Waals surface area (Å²) >= 11 is 0. The summed E-state index contributed by atoms with van der Waals surface area (Å²) in [5.41, 5.74) is 3.56. The number of aromatic nitrogens is 2. The Morgan fingerprint density at radius 3 is 2.12 bits per heavy atom. The van der Waals surface area contributed by atoms with Crippen LogP contribution in [0.15, 0.2) is 54.7 Å². The van der Waals surface area contributed by atoms with E-state index in [1.807, 2.05) is 45.0 Å². The Bertz CT molecular complexity index is 682. The van der Waals surface area contributed by atoms with Gasteiger partial charge in [-0.15, -0.1) is 12.3 Å². The van der Waals surface area contributed by atoms with Crippen LogP contribution in [0, 0.1) is 13.1 Å². The summed E-state index contributed by atoms with van der Waals surface area (Å²) in [6.45, 7) is 6.04. The van der Waals surface area contributed by atoms with Crippen molar-refractivity contribution in [3.63, 3.8) is 0 Å². The fourth-order valence-electron chi connectivity index (χ4n) is 1.65. The van der Waals surface area contributed by atoms with Crippen LogP contribution in [-0.2, 0) is 32.7 Å². The molecule has 0 atom stereocenters. The molecule has 0 amide bonds. The van der Waals surface area contributed by atoms with Crippen molar-refractivity contribution in [1.29, 1.82) is 0 Å². The van der Waals surface area contributed by atoms with Crippen molar-refractivity contribution in [2.75, 3.05) is 0 Å². The molecule has 0 unspecified atom stereocenters. The van der Waals surface area contributed by atoms with E-state index in [2.05, 4.69) is 16.2 Å². The van der Waals surface area contributed by atoms with E-state index in [9.17, 15) is 0 Å². The van der Waals surface area contributed by atoms with E-state index >= 15 is 0 Å². The summed E-state index contributed by atoms with van der Waals surface area (Å²) in [7, 11) is -1.34. The first-order chi connectivity index (χ1) is 10.7. The molecule has 125 valence electrons. The molecule has 2 N–H and O–H groups in total. The molecule has 4 nitrogen and oxygen atoms in total. The van der Waals surface area contributed by atoms with E-state index in [-0.39, 0.29) is 40.1 Å². The molecule has 0 aliphatic heterocycles. The zero-order valence-corrected chi connectivity index (χ0v) is 16.5. The van der Waals surface area contributed by atoms with Gasteiger partial charge in [0.05, 0.1) is 0 Å². The van der Waals surface area contributed by atoms with Gasteiger partial charge in [0, 0.05) is 38.2 Å². The average Bonchev–Trinajstić information content (AvgIpc) is 2.58. The van der Waals surface area contributed by atoms with Crippen molar-refractivity contribution in [3.05, 3.63) is 66.5 Å². The van der Waals surface area contributed by atoms with Crippen molar-refractivity contribution in [2.45, 2.75) is 28.2 Å². The van der Waals surface area contributed by atoms with Crippen LogP contribution in [0.1, 0.15) is 26.8 Å². The van der Waals surface area contributed by atoms with E-state index in [1.165, 1.54) is 5.56 Å². The molecular formula is C18H24BN2O2Y-. The van der Waals surface area contributed by atoms with Gasteiger partial charge in [-0.25, -0.2) is 0 Å². The summed E-state index contributed by atoms with van der Waals surface area (Å²) in [5.74, 6) is 0. The molecule has 1 aromatic heterocycles. The molecule has 0 aliphatic rings. The SMILES string of the molecule is C.CC.Cc1ccc2nc[c-]nc2c1.OB(O)c1ccccc1.[Y]. The molecule has 24 heavy (non-hydrogen) atoms. The third kappa shape index (κ3) is 8.65. The van der Waals surface area contributed by atoms with E-state index < -0.39 is 7.12 Å². The summed E-state index contributed by atoms with van der Waals surface area (Å²) in [6.07, 6.45) is 4.28. The smallest absolute Gasteiger partial charge is 0.448 e. The van der Waals surface area contributed by atoms with E-state index in [1.54, 1.807) is 30.5 Å². The molecule has 0 saturated heterocycles. The van der Waals surface area contributed by atoms with Crippen LogP contribution in [0.2, 0.25) is 0 Å². The fourth-order valence-corrected chi connectivity index (χ4v) is 1.65. The third-order valence-electron chi connectivity index (χ3n) is 2.68. The zero-order valence-electron chi connectivity index (χ0n) is 13.6.